The van der Waals surface area contributed by atoms with E-state index in [9.17, 15) is 17.2 Å². The molecule has 0 spiro atoms. The molecule has 0 atom stereocenters. The van der Waals surface area contributed by atoms with E-state index in [0.717, 1.165) is 12.1 Å². The molecule has 0 N–H and O–H groups in total. The summed E-state index contributed by atoms with van der Waals surface area (Å²) < 4.78 is 57.3. The topological polar surface area (TPSA) is 74.1 Å². The van der Waals surface area contributed by atoms with Gasteiger partial charge in [0.15, 0.2) is 0 Å². The first-order chi connectivity index (χ1) is 11.0. The minimum atomic E-state index is -4.51. The Bertz CT molecular complexity index is 944. The van der Waals surface area contributed by atoms with E-state index in [1.807, 2.05) is 0 Å². The third kappa shape index (κ3) is 3.19. The van der Waals surface area contributed by atoms with Gasteiger partial charge in [0.25, 0.3) is 0 Å². The van der Waals surface area contributed by atoms with Gasteiger partial charge in [-0.05, 0) is 30.3 Å². The molecule has 3 rings (SSSR count). The molecule has 1 aromatic heterocycles. The van der Waals surface area contributed by atoms with E-state index < -0.39 is 26.6 Å². The zero-order chi connectivity index (χ0) is 16.4. The minimum Gasteiger partial charge on any atom is -0.379 e. The highest BCUT2D eigenvalue weighted by atomic mass is 32.2. The van der Waals surface area contributed by atoms with Gasteiger partial charge in [0.1, 0.15) is 34.9 Å². The third-order valence-corrected chi connectivity index (χ3v) is 4.13. The molecule has 0 bridgehead atoms. The molecule has 6 nitrogen and oxygen atoms in total. The fourth-order valence-electron chi connectivity index (χ4n) is 1.86. The Labute approximate surface area is 130 Å². The number of benzene rings is 2. The van der Waals surface area contributed by atoms with Crippen molar-refractivity contribution in [3.63, 3.8) is 0 Å². The molecule has 3 aromatic rings. The van der Waals surface area contributed by atoms with Crippen molar-refractivity contribution in [3.8, 4) is 11.4 Å². The van der Waals surface area contributed by atoms with Gasteiger partial charge >= 0.3 is 10.1 Å². The van der Waals surface area contributed by atoms with Gasteiger partial charge in [0, 0.05) is 6.07 Å². The lowest BCUT2D eigenvalue weighted by Crippen LogP contribution is -2.12. The Balaban J connectivity index is 1.95. The molecule has 0 amide bonds. The van der Waals surface area contributed by atoms with Crippen molar-refractivity contribution in [2.45, 2.75) is 4.90 Å². The van der Waals surface area contributed by atoms with Crippen LogP contribution in [0.25, 0.3) is 5.69 Å². The molecule has 0 unspecified atom stereocenters. The SMILES string of the molecule is O=S(=O)(Oc1cccc(-n2cncn2)c1)c1cc(F)ccc1F. The van der Waals surface area contributed by atoms with E-state index in [1.165, 1.54) is 35.5 Å². The monoisotopic (exact) mass is 337 g/mol. The summed E-state index contributed by atoms with van der Waals surface area (Å²) >= 11 is 0. The van der Waals surface area contributed by atoms with E-state index in [2.05, 4.69) is 10.1 Å². The van der Waals surface area contributed by atoms with Crippen LogP contribution in [0, 0.1) is 11.6 Å². The van der Waals surface area contributed by atoms with Crippen molar-refractivity contribution in [1.82, 2.24) is 14.8 Å². The number of rotatable bonds is 4. The fraction of sp³-hybridized carbons (Fsp3) is 0. The van der Waals surface area contributed by atoms with Crippen LogP contribution in [0.1, 0.15) is 0 Å². The first kappa shape index (κ1) is 15.1. The van der Waals surface area contributed by atoms with Crippen LogP contribution in [-0.4, -0.2) is 23.2 Å². The van der Waals surface area contributed by atoms with Crippen LogP contribution in [0.2, 0.25) is 0 Å². The molecule has 23 heavy (non-hydrogen) atoms. The van der Waals surface area contributed by atoms with E-state index in [-0.39, 0.29) is 5.75 Å². The van der Waals surface area contributed by atoms with Crippen LogP contribution in [0.4, 0.5) is 8.78 Å². The van der Waals surface area contributed by atoms with Gasteiger partial charge in [-0.1, -0.05) is 6.07 Å². The van der Waals surface area contributed by atoms with Gasteiger partial charge in [0.05, 0.1) is 5.69 Å². The lowest BCUT2D eigenvalue weighted by Gasteiger charge is -2.09. The molecule has 0 radical (unpaired) electrons. The number of hydrogen-bond acceptors (Lipinski definition) is 5. The molecule has 118 valence electrons. The second-order valence-electron chi connectivity index (χ2n) is 4.45. The Hall–Kier alpha value is -2.81. The summed E-state index contributed by atoms with van der Waals surface area (Å²) in [5.74, 6) is -2.05. The normalized spacial score (nSPS) is 11.4. The lowest BCUT2D eigenvalue weighted by atomic mass is 10.3. The Kier molecular flexibility index (Phi) is 3.78. The number of nitrogens with zero attached hydrogens (tertiary/aromatic N) is 3. The summed E-state index contributed by atoms with van der Waals surface area (Å²) in [6, 6.07) is 8.03. The third-order valence-electron chi connectivity index (χ3n) is 2.87. The zero-order valence-corrected chi connectivity index (χ0v) is 12.2. The zero-order valence-electron chi connectivity index (χ0n) is 11.4. The highest BCUT2D eigenvalue weighted by molar-refractivity contribution is 7.87. The lowest BCUT2D eigenvalue weighted by molar-refractivity contribution is 0.473. The Morgan fingerprint density at radius 2 is 1.91 bits per heavy atom. The summed E-state index contributed by atoms with van der Waals surface area (Å²) in [6.07, 6.45) is 2.73. The van der Waals surface area contributed by atoms with Crippen molar-refractivity contribution in [2.24, 2.45) is 0 Å². The summed E-state index contributed by atoms with van der Waals surface area (Å²) in [5, 5.41) is 3.90. The van der Waals surface area contributed by atoms with E-state index in [0.29, 0.717) is 11.8 Å². The molecular weight excluding hydrogens is 328 g/mol. The number of aromatic nitrogens is 3. The summed E-state index contributed by atoms with van der Waals surface area (Å²) in [6.45, 7) is 0. The van der Waals surface area contributed by atoms with Gasteiger partial charge in [-0.25, -0.2) is 18.4 Å². The summed E-state index contributed by atoms with van der Waals surface area (Å²) in [7, 11) is -4.51. The van der Waals surface area contributed by atoms with Crippen LogP contribution >= 0.6 is 0 Å². The van der Waals surface area contributed by atoms with Gasteiger partial charge < -0.3 is 4.18 Å². The van der Waals surface area contributed by atoms with Crippen molar-refractivity contribution in [2.75, 3.05) is 0 Å². The van der Waals surface area contributed by atoms with Gasteiger partial charge in [-0.15, -0.1) is 0 Å². The van der Waals surface area contributed by atoms with Crippen LogP contribution < -0.4 is 4.18 Å². The second kappa shape index (κ2) is 5.76. The largest absolute Gasteiger partial charge is 0.379 e. The second-order valence-corrected chi connectivity index (χ2v) is 5.96. The molecule has 0 saturated carbocycles. The maximum Gasteiger partial charge on any atom is 0.342 e. The molecule has 0 fully saturated rings. The Morgan fingerprint density at radius 3 is 2.65 bits per heavy atom. The predicted octanol–water partition coefficient (Wildman–Crippen LogP) is 2.31. The highest BCUT2D eigenvalue weighted by Crippen LogP contribution is 2.23. The maximum atomic E-state index is 13.6. The van der Waals surface area contributed by atoms with Crippen LogP contribution in [0.15, 0.2) is 60.0 Å². The minimum absolute atomic E-state index is 0.0679. The van der Waals surface area contributed by atoms with E-state index in [4.69, 9.17) is 4.18 Å². The van der Waals surface area contributed by atoms with Gasteiger partial charge in [-0.3, -0.25) is 0 Å². The van der Waals surface area contributed by atoms with Crippen LogP contribution in [0.3, 0.4) is 0 Å². The Morgan fingerprint density at radius 1 is 1.09 bits per heavy atom. The van der Waals surface area contributed by atoms with Crippen LogP contribution in [-0.2, 0) is 10.1 Å². The fourth-order valence-corrected chi connectivity index (χ4v) is 2.87. The maximum absolute atomic E-state index is 13.6. The van der Waals surface area contributed by atoms with E-state index in [1.54, 1.807) is 6.07 Å². The van der Waals surface area contributed by atoms with E-state index >= 15 is 0 Å². The van der Waals surface area contributed by atoms with Crippen molar-refractivity contribution >= 4 is 10.1 Å². The summed E-state index contributed by atoms with van der Waals surface area (Å²) in [5.41, 5.74) is 0.495. The molecule has 0 saturated heterocycles. The highest BCUT2D eigenvalue weighted by Gasteiger charge is 2.22. The molecule has 0 aliphatic carbocycles. The predicted molar refractivity (Wildman–Crippen MR) is 75.5 cm³/mol. The smallest absolute Gasteiger partial charge is 0.342 e. The quantitative estimate of drug-likeness (QED) is 0.683. The van der Waals surface area contributed by atoms with Crippen molar-refractivity contribution < 1.29 is 21.4 Å². The first-order valence-electron chi connectivity index (χ1n) is 6.30. The first-order valence-corrected chi connectivity index (χ1v) is 7.71. The van der Waals surface area contributed by atoms with Crippen LogP contribution in [0.5, 0.6) is 5.75 Å². The molecule has 0 aliphatic rings. The number of halogens is 2. The average molecular weight is 337 g/mol. The molecule has 0 aliphatic heterocycles. The molecule has 2 aromatic carbocycles. The summed E-state index contributed by atoms with van der Waals surface area (Å²) in [4.78, 5) is 2.90. The standard InChI is InChI=1S/C14H9F2N3O3S/c15-10-4-5-13(16)14(6-10)23(20,21)22-12-3-1-2-11(7-12)19-9-17-8-18-19/h1-9H. The van der Waals surface area contributed by atoms with Crippen molar-refractivity contribution in [1.29, 1.82) is 0 Å². The van der Waals surface area contributed by atoms with Gasteiger partial charge in [0.2, 0.25) is 0 Å². The van der Waals surface area contributed by atoms with Gasteiger partial charge in [-0.2, -0.15) is 13.5 Å². The molecular formula is C14H9F2N3O3S. The number of hydrogen-bond donors (Lipinski definition) is 0. The molecule has 9 heteroatoms. The molecule has 1 heterocycles. The average Bonchev–Trinajstić information content (AvgIpc) is 3.04. The van der Waals surface area contributed by atoms with Crippen molar-refractivity contribution in [3.05, 3.63) is 66.8 Å².